The van der Waals surface area contributed by atoms with Gasteiger partial charge in [0.1, 0.15) is 0 Å². The van der Waals surface area contributed by atoms with Crippen LogP contribution in [0.5, 0.6) is 11.5 Å². The fourth-order valence-electron chi connectivity index (χ4n) is 1.82. The molecule has 1 N–H and O–H groups in total. The number of hydrogen-bond acceptors (Lipinski definition) is 3. The van der Waals surface area contributed by atoms with Crippen LogP contribution in [0.1, 0.15) is 24.9 Å². The van der Waals surface area contributed by atoms with Gasteiger partial charge in [-0.15, -0.1) is 26.3 Å². The first-order valence-electron chi connectivity index (χ1n) is 5.89. The van der Waals surface area contributed by atoms with E-state index in [9.17, 15) is 26.3 Å². The molecule has 21 heavy (non-hydrogen) atoms. The lowest BCUT2D eigenvalue weighted by Gasteiger charge is -2.22. The van der Waals surface area contributed by atoms with E-state index in [1.54, 1.807) is 6.92 Å². The van der Waals surface area contributed by atoms with E-state index >= 15 is 0 Å². The van der Waals surface area contributed by atoms with Crippen molar-refractivity contribution < 1.29 is 35.8 Å². The van der Waals surface area contributed by atoms with Gasteiger partial charge in [0.15, 0.2) is 11.5 Å². The Kier molecular flexibility index (Phi) is 5.32. The number of nitrogens with one attached hydrogen (secondary N) is 1. The Balaban J connectivity index is 3.33. The van der Waals surface area contributed by atoms with Crippen molar-refractivity contribution in [2.75, 3.05) is 7.05 Å². The van der Waals surface area contributed by atoms with Crippen molar-refractivity contribution in [1.82, 2.24) is 5.32 Å². The van der Waals surface area contributed by atoms with Gasteiger partial charge in [0.05, 0.1) is 0 Å². The third-order valence-corrected chi connectivity index (χ3v) is 2.58. The summed E-state index contributed by atoms with van der Waals surface area (Å²) in [6, 6.07) is 2.56. The first-order valence-corrected chi connectivity index (χ1v) is 5.89. The smallest absolute Gasteiger partial charge is 0.402 e. The summed E-state index contributed by atoms with van der Waals surface area (Å²) in [7, 11) is 1.48. The number of rotatable bonds is 5. The van der Waals surface area contributed by atoms with E-state index in [-0.39, 0.29) is 5.56 Å². The number of alkyl halides is 6. The van der Waals surface area contributed by atoms with Gasteiger partial charge >= 0.3 is 12.7 Å². The first kappa shape index (κ1) is 17.4. The molecule has 0 aromatic heterocycles. The number of para-hydroxylation sites is 1. The Labute approximate surface area is 116 Å². The molecule has 0 fully saturated rings. The van der Waals surface area contributed by atoms with Crippen LogP contribution in [0, 0.1) is 0 Å². The maximum Gasteiger partial charge on any atom is 0.573 e. The normalized spacial score (nSPS) is 13.9. The van der Waals surface area contributed by atoms with Crippen LogP contribution in [0.2, 0.25) is 0 Å². The second-order valence-corrected chi connectivity index (χ2v) is 4.02. The molecule has 1 aromatic rings. The van der Waals surface area contributed by atoms with Gasteiger partial charge < -0.3 is 14.8 Å². The van der Waals surface area contributed by atoms with E-state index in [0.29, 0.717) is 6.42 Å². The minimum atomic E-state index is -5.13. The highest BCUT2D eigenvalue weighted by Crippen LogP contribution is 2.41. The number of halogens is 6. The molecule has 0 amide bonds. The molecule has 0 radical (unpaired) electrons. The minimum absolute atomic E-state index is 0.0703. The Morgan fingerprint density at radius 1 is 1.05 bits per heavy atom. The second kappa shape index (κ2) is 6.42. The molecular formula is C12H13F6NO2. The molecule has 3 nitrogen and oxygen atoms in total. The lowest BCUT2D eigenvalue weighted by molar-refractivity contribution is -0.287. The van der Waals surface area contributed by atoms with Crippen LogP contribution in [0.3, 0.4) is 0 Å². The van der Waals surface area contributed by atoms with Crippen molar-refractivity contribution in [3.8, 4) is 11.5 Å². The van der Waals surface area contributed by atoms with Crippen LogP contribution in [0.4, 0.5) is 26.3 Å². The van der Waals surface area contributed by atoms with Crippen LogP contribution in [-0.4, -0.2) is 19.8 Å². The molecule has 9 heteroatoms. The molecule has 1 unspecified atom stereocenters. The average Bonchev–Trinajstić information content (AvgIpc) is 2.31. The lowest BCUT2D eigenvalue weighted by Crippen LogP contribution is -2.24. The zero-order chi connectivity index (χ0) is 16.3. The predicted octanol–water partition coefficient (Wildman–Crippen LogP) is 4.15. The summed E-state index contributed by atoms with van der Waals surface area (Å²) in [5, 5.41) is 2.70. The minimum Gasteiger partial charge on any atom is -0.402 e. The maximum atomic E-state index is 12.4. The topological polar surface area (TPSA) is 30.5 Å². The summed E-state index contributed by atoms with van der Waals surface area (Å²) in [5.74, 6) is -2.03. The average molecular weight is 317 g/mol. The zero-order valence-corrected chi connectivity index (χ0v) is 11.1. The van der Waals surface area contributed by atoms with E-state index in [4.69, 9.17) is 0 Å². The summed E-state index contributed by atoms with van der Waals surface area (Å²) in [4.78, 5) is 0. The summed E-state index contributed by atoms with van der Waals surface area (Å²) < 4.78 is 81.4. The second-order valence-electron chi connectivity index (χ2n) is 4.02. The fourth-order valence-corrected chi connectivity index (χ4v) is 1.82. The number of ether oxygens (including phenoxy) is 2. The quantitative estimate of drug-likeness (QED) is 0.828. The van der Waals surface area contributed by atoms with Crippen LogP contribution in [0.15, 0.2) is 18.2 Å². The van der Waals surface area contributed by atoms with Crippen molar-refractivity contribution in [2.45, 2.75) is 32.1 Å². The van der Waals surface area contributed by atoms with Gasteiger partial charge in [-0.1, -0.05) is 19.1 Å². The molecule has 0 bridgehead atoms. The summed E-state index contributed by atoms with van der Waals surface area (Å²) >= 11 is 0. The molecule has 0 aliphatic heterocycles. The molecule has 0 aliphatic rings. The Morgan fingerprint density at radius 3 is 2.05 bits per heavy atom. The monoisotopic (exact) mass is 317 g/mol. The molecule has 1 rings (SSSR count). The SMILES string of the molecule is CCC(NC)c1cccc(OC(F)(F)F)c1OC(F)(F)F. The van der Waals surface area contributed by atoms with Crippen LogP contribution >= 0.6 is 0 Å². The zero-order valence-electron chi connectivity index (χ0n) is 11.1. The third kappa shape index (κ3) is 5.33. The molecule has 1 atom stereocenters. The van der Waals surface area contributed by atoms with Gasteiger partial charge in [0, 0.05) is 11.6 Å². The van der Waals surface area contributed by atoms with Crippen molar-refractivity contribution in [3.05, 3.63) is 23.8 Å². The van der Waals surface area contributed by atoms with Crippen molar-refractivity contribution in [3.63, 3.8) is 0 Å². The van der Waals surface area contributed by atoms with Crippen molar-refractivity contribution in [2.24, 2.45) is 0 Å². The highest BCUT2D eigenvalue weighted by atomic mass is 19.4. The maximum absolute atomic E-state index is 12.4. The predicted molar refractivity (Wildman–Crippen MR) is 61.9 cm³/mol. The Bertz CT molecular complexity index is 468. The molecule has 0 heterocycles. The Hall–Kier alpha value is -1.64. The van der Waals surface area contributed by atoms with Gasteiger partial charge in [-0.25, -0.2) is 0 Å². The fraction of sp³-hybridized carbons (Fsp3) is 0.500. The van der Waals surface area contributed by atoms with Crippen LogP contribution < -0.4 is 14.8 Å². The molecule has 0 spiro atoms. The third-order valence-electron chi connectivity index (χ3n) is 2.58. The van der Waals surface area contributed by atoms with Gasteiger partial charge in [0.25, 0.3) is 0 Å². The lowest BCUT2D eigenvalue weighted by atomic mass is 10.0. The van der Waals surface area contributed by atoms with Gasteiger partial charge in [0.2, 0.25) is 0 Å². The Morgan fingerprint density at radius 2 is 1.62 bits per heavy atom. The standard InChI is InChI=1S/C12H13F6NO2/c1-3-8(19-2)7-5-4-6-9(20-11(13,14)15)10(7)21-12(16,17)18/h4-6,8,19H,3H2,1-2H3. The van der Waals surface area contributed by atoms with Crippen molar-refractivity contribution in [1.29, 1.82) is 0 Å². The first-order chi connectivity index (χ1) is 9.57. The van der Waals surface area contributed by atoms with E-state index in [0.717, 1.165) is 6.07 Å². The van der Waals surface area contributed by atoms with E-state index in [1.165, 1.54) is 19.2 Å². The summed E-state index contributed by atoms with van der Waals surface area (Å²) in [6.45, 7) is 1.66. The van der Waals surface area contributed by atoms with Crippen LogP contribution in [0.25, 0.3) is 0 Å². The molecular weight excluding hydrogens is 304 g/mol. The van der Waals surface area contributed by atoms with E-state index in [1.807, 2.05) is 0 Å². The van der Waals surface area contributed by atoms with Gasteiger partial charge in [-0.3, -0.25) is 0 Å². The van der Waals surface area contributed by atoms with E-state index in [2.05, 4.69) is 14.8 Å². The summed E-state index contributed by atoms with van der Waals surface area (Å²) in [5.41, 5.74) is -0.0703. The van der Waals surface area contributed by atoms with Gasteiger partial charge in [-0.2, -0.15) is 0 Å². The van der Waals surface area contributed by atoms with E-state index < -0.39 is 30.3 Å². The van der Waals surface area contributed by atoms with Gasteiger partial charge in [-0.05, 0) is 19.5 Å². The molecule has 120 valence electrons. The highest BCUT2D eigenvalue weighted by molar-refractivity contribution is 5.48. The molecule has 1 aromatic carbocycles. The molecule has 0 aliphatic carbocycles. The number of hydrogen-bond donors (Lipinski definition) is 1. The van der Waals surface area contributed by atoms with Crippen LogP contribution in [-0.2, 0) is 0 Å². The number of benzene rings is 1. The molecule has 0 saturated heterocycles. The van der Waals surface area contributed by atoms with Crippen molar-refractivity contribution >= 4 is 0 Å². The summed E-state index contributed by atoms with van der Waals surface area (Å²) in [6.07, 6.45) is -9.91. The largest absolute Gasteiger partial charge is 0.573 e. The molecule has 0 saturated carbocycles. The highest BCUT2D eigenvalue weighted by Gasteiger charge is 2.38.